The van der Waals surface area contributed by atoms with Gasteiger partial charge in [-0.1, -0.05) is 26.0 Å². The van der Waals surface area contributed by atoms with Crippen LogP contribution < -0.4 is 14.9 Å². The van der Waals surface area contributed by atoms with Gasteiger partial charge in [0.05, 0.1) is 16.9 Å². The van der Waals surface area contributed by atoms with Crippen molar-refractivity contribution in [2.24, 2.45) is 0 Å². The first-order chi connectivity index (χ1) is 15.4. The molecule has 166 valence electrons. The Hall–Kier alpha value is -3.46. The monoisotopic (exact) mass is 434 g/mol. The highest BCUT2D eigenvalue weighted by Gasteiger charge is 2.34. The second kappa shape index (κ2) is 8.96. The first-order valence-electron chi connectivity index (χ1n) is 10.5. The fourth-order valence-electron chi connectivity index (χ4n) is 3.96. The molecule has 0 fully saturated rings. The number of ether oxygens (including phenoxy) is 1. The van der Waals surface area contributed by atoms with E-state index in [2.05, 4.69) is 18.7 Å². The molecule has 0 atom stereocenters. The number of carbonyl (C=O) groups is 2. The Morgan fingerprint density at radius 3 is 2.31 bits per heavy atom. The van der Waals surface area contributed by atoms with Crippen LogP contribution in [0.3, 0.4) is 0 Å². The van der Waals surface area contributed by atoms with E-state index in [0.29, 0.717) is 34.4 Å². The number of nitrogens with zero attached hydrogens (tertiary/aromatic N) is 3. The number of anilines is 2. The number of likely N-dealkylation sites (N-methyl/N-ethyl adjacent to an activating group) is 1. The van der Waals surface area contributed by atoms with E-state index in [1.807, 2.05) is 0 Å². The van der Waals surface area contributed by atoms with E-state index in [1.54, 1.807) is 42.5 Å². The Kier molecular flexibility index (Phi) is 6.09. The molecule has 1 N–H and O–H groups in total. The molecule has 2 amide bonds. The summed E-state index contributed by atoms with van der Waals surface area (Å²) < 4.78 is 5.78. The summed E-state index contributed by atoms with van der Waals surface area (Å²) in [7, 11) is 0. The number of amides is 2. The third-order valence-electron chi connectivity index (χ3n) is 5.72. The van der Waals surface area contributed by atoms with Gasteiger partial charge >= 0.3 is 0 Å². The van der Waals surface area contributed by atoms with E-state index in [-0.39, 0.29) is 16.5 Å². The van der Waals surface area contributed by atoms with Gasteiger partial charge in [0.2, 0.25) is 0 Å². The summed E-state index contributed by atoms with van der Waals surface area (Å²) in [5.74, 6) is -0.360. The van der Waals surface area contributed by atoms with Gasteiger partial charge in [-0.3, -0.25) is 14.8 Å². The Balaban J connectivity index is 1.62. The van der Waals surface area contributed by atoms with Crippen LogP contribution in [0.4, 0.5) is 11.4 Å². The summed E-state index contributed by atoms with van der Waals surface area (Å²) in [6, 6.07) is 14.5. The van der Waals surface area contributed by atoms with Crippen molar-refractivity contribution in [3.05, 3.63) is 70.9 Å². The molecule has 4 rings (SSSR count). The standard InChI is InChI=1S/C24H24N3O5/c1-3-25(4-2)12-13-32-19-10-8-17(9-11-19)26-23(28)20-7-5-6-16-14-18(27(30)31)15-21(22(16)20)24(26)29/h5-11,14-15,30H,3-4,12-13H2,1-2H3/q-1. The molecule has 1 aliphatic rings. The number of benzene rings is 3. The molecule has 1 heterocycles. The predicted molar refractivity (Wildman–Crippen MR) is 122 cm³/mol. The first kappa shape index (κ1) is 21.8. The maximum Gasteiger partial charge on any atom is 0.266 e. The lowest BCUT2D eigenvalue weighted by Gasteiger charge is -2.29. The zero-order chi connectivity index (χ0) is 22.8. The van der Waals surface area contributed by atoms with Gasteiger partial charge in [0, 0.05) is 17.5 Å². The molecule has 0 bridgehead atoms. The van der Waals surface area contributed by atoms with Crippen LogP contribution in [-0.4, -0.2) is 48.2 Å². The molecule has 3 aromatic carbocycles. The number of hydrogen-bond donors (Lipinski definition) is 1. The zero-order valence-electron chi connectivity index (χ0n) is 17.9. The Morgan fingerprint density at radius 1 is 0.969 bits per heavy atom. The molecule has 0 unspecified atom stereocenters. The quantitative estimate of drug-likeness (QED) is 0.422. The van der Waals surface area contributed by atoms with E-state index in [1.165, 1.54) is 12.1 Å². The van der Waals surface area contributed by atoms with Crippen molar-refractivity contribution < 1.29 is 19.5 Å². The molecule has 0 aliphatic carbocycles. The Morgan fingerprint density at radius 2 is 1.66 bits per heavy atom. The lowest BCUT2D eigenvalue weighted by molar-refractivity contribution is 0.0893. The van der Waals surface area contributed by atoms with Gasteiger partial charge in [0.15, 0.2) is 0 Å². The highest BCUT2D eigenvalue weighted by Crippen LogP contribution is 2.35. The van der Waals surface area contributed by atoms with Crippen molar-refractivity contribution in [1.82, 2.24) is 4.90 Å². The maximum absolute atomic E-state index is 13.3. The fraction of sp³-hybridized carbons (Fsp3) is 0.250. The van der Waals surface area contributed by atoms with Crippen LogP contribution in [0.15, 0.2) is 54.6 Å². The molecule has 0 saturated heterocycles. The third kappa shape index (κ3) is 3.91. The van der Waals surface area contributed by atoms with E-state index in [9.17, 15) is 20.0 Å². The van der Waals surface area contributed by atoms with Crippen molar-refractivity contribution in [3.63, 3.8) is 0 Å². The van der Waals surface area contributed by atoms with Crippen molar-refractivity contribution >= 4 is 34.0 Å². The van der Waals surface area contributed by atoms with E-state index in [0.717, 1.165) is 24.5 Å². The van der Waals surface area contributed by atoms with E-state index in [4.69, 9.17) is 4.74 Å². The minimum absolute atomic E-state index is 0.0794. The molecule has 8 heteroatoms. The van der Waals surface area contributed by atoms with Gasteiger partial charge in [0.1, 0.15) is 12.4 Å². The number of rotatable bonds is 8. The lowest BCUT2D eigenvalue weighted by atomic mass is 9.93. The summed E-state index contributed by atoms with van der Waals surface area (Å²) in [6.07, 6.45) is 0. The van der Waals surface area contributed by atoms with Crippen molar-refractivity contribution in [2.75, 3.05) is 36.4 Å². The molecular weight excluding hydrogens is 410 g/mol. The van der Waals surface area contributed by atoms with Crippen molar-refractivity contribution in [1.29, 1.82) is 0 Å². The molecule has 0 aromatic heterocycles. The number of imide groups is 1. The summed E-state index contributed by atoms with van der Waals surface area (Å²) in [4.78, 5) is 29.8. The Bertz CT molecular complexity index is 1160. The summed E-state index contributed by atoms with van der Waals surface area (Å²) in [5, 5.41) is 21.5. The second-order valence-corrected chi connectivity index (χ2v) is 7.48. The largest absolute Gasteiger partial charge is 0.733 e. The average molecular weight is 434 g/mol. The highest BCUT2D eigenvalue weighted by atomic mass is 16.8. The van der Waals surface area contributed by atoms with E-state index < -0.39 is 11.8 Å². The molecule has 0 spiro atoms. The molecule has 32 heavy (non-hydrogen) atoms. The molecule has 0 saturated carbocycles. The second-order valence-electron chi connectivity index (χ2n) is 7.48. The Labute approximate surface area is 185 Å². The molecular formula is C24H24N3O5-. The third-order valence-corrected chi connectivity index (χ3v) is 5.72. The summed E-state index contributed by atoms with van der Waals surface area (Å²) in [5.41, 5.74) is 0.858. The lowest BCUT2D eigenvalue weighted by Crippen LogP contribution is -2.40. The number of hydrogen-bond acceptors (Lipinski definition) is 7. The molecule has 1 aliphatic heterocycles. The van der Waals surface area contributed by atoms with Crippen LogP contribution in [0.2, 0.25) is 0 Å². The number of carbonyl (C=O) groups excluding carboxylic acids is 2. The summed E-state index contributed by atoms with van der Waals surface area (Å²) >= 11 is 0. The van der Waals surface area contributed by atoms with Crippen LogP contribution >= 0.6 is 0 Å². The van der Waals surface area contributed by atoms with Gasteiger partial charge in [0.25, 0.3) is 11.8 Å². The normalized spacial score (nSPS) is 13.2. The highest BCUT2D eigenvalue weighted by molar-refractivity contribution is 6.36. The smallest absolute Gasteiger partial charge is 0.266 e. The van der Waals surface area contributed by atoms with Crippen LogP contribution in [0.5, 0.6) is 5.75 Å². The molecule has 8 nitrogen and oxygen atoms in total. The fourth-order valence-corrected chi connectivity index (χ4v) is 3.96. The minimum Gasteiger partial charge on any atom is -0.733 e. The van der Waals surface area contributed by atoms with Gasteiger partial charge in [-0.15, -0.1) is 0 Å². The first-order valence-corrected chi connectivity index (χ1v) is 10.5. The minimum atomic E-state index is -0.558. The zero-order valence-corrected chi connectivity index (χ0v) is 17.9. The van der Waals surface area contributed by atoms with Crippen molar-refractivity contribution in [2.45, 2.75) is 13.8 Å². The van der Waals surface area contributed by atoms with Gasteiger partial charge in [-0.2, -0.15) is 0 Å². The van der Waals surface area contributed by atoms with Crippen LogP contribution in [-0.2, 0) is 0 Å². The van der Waals surface area contributed by atoms with Gasteiger partial charge < -0.3 is 20.1 Å². The molecule has 0 radical (unpaired) electrons. The van der Waals surface area contributed by atoms with Gasteiger partial charge in [-0.05, 0) is 60.9 Å². The van der Waals surface area contributed by atoms with Gasteiger partial charge in [-0.25, -0.2) is 4.90 Å². The van der Waals surface area contributed by atoms with E-state index >= 15 is 0 Å². The topological polar surface area (TPSA) is 96.4 Å². The molecule has 3 aromatic rings. The summed E-state index contributed by atoms with van der Waals surface area (Å²) in [6.45, 7) is 7.45. The SMILES string of the molecule is CCN(CC)CCOc1ccc(N2C(=O)c3cccc4cc(N([O-])O)cc(c34)C2=O)cc1. The van der Waals surface area contributed by atoms with Crippen LogP contribution in [0.25, 0.3) is 10.8 Å². The van der Waals surface area contributed by atoms with Crippen LogP contribution in [0.1, 0.15) is 34.6 Å². The van der Waals surface area contributed by atoms with Crippen LogP contribution in [0, 0.1) is 5.21 Å². The maximum atomic E-state index is 13.3. The average Bonchev–Trinajstić information content (AvgIpc) is 2.80. The van der Waals surface area contributed by atoms with Crippen molar-refractivity contribution in [3.8, 4) is 5.75 Å². The predicted octanol–water partition coefficient (Wildman–Crippen LogP) is 4.05.